The minimum atomic E-state index is -1.28. The molecule has 1 saturated heterocycles. The van der Waals surface area contributed by atoms with Gasteiger partial charge in [0.2, 0.25) is 0 Å². The van der Waals surface area contributed by atoms with Gasteiger partial charge in [-0.3, -0.25) is 14.5 Å². The fourth-order valence-corrected chi connectivity index (χ4v) is 2.33. The fraction of sp³-hybridized carbons (Fsp3) is 0.286. The van der Waals surface area contributed by atoms with E-state index < -0.39 is 30.0 Å². The standard InChI is InChI=1S/C14H13N3O4/c1-14(10-5-3-9(7-15)4-6-10)12(20)17(8-11(18)19)13(21)16(14)2/h3-6H,8H2,1-2H3,(H,18,19). The molecule has 1 aromatic rings. The lowest BCUT2D eigenvalue weighted by molar-refractivity contribution is -0.143. The molecule has 3 amide bonds. The number of carboxylic acids is 1. The molecule has 7 heteroatoms. The molecular weight excluding hydrogens is 274 g/mol. The van der Waals surface area contributed by atoms with E-state index in [0.717, 1.165) is 0 Å². The minimum absolute atomic E-state index is 0.434. The Bertz CT molecular complexity index is 662. The van der Waals surface area contributed by atoms with E-state index in [1.54, 1.807) is 31.2 Å². The topological polar surface area (TPSA) is 102 Å². The van der Waals surface area contributed by atoms with Crippen molar-refractivity contribution in [1.82, 2.24) is 9.80 Å². The second kappa shape index (κ2) is 4.90. The number of nitriles is 1. The molecule has 1 aliphatic heterocycles. The molecular formula is C14H13N3O4. The fourth-order valence-electron chi connectivity index (χ4n) is 2.33. The smallest absolute Gasteiger partial charge is 0.328 e. The number of carbonyl (C=O) groups excluding carboxylic acids is 2. The molecule has 108 valence electrons. The first kappa shape index (κ1) is 14.5. The van der Waals surface area contributed by atoms with E-state index >= 15 is 0 Å². The summed E-state index contributed by atoms with van der Waals surface area (Å²) in [6, 6.07) is 7.58. The molecule has 0 spiro atoms. The predicted octanol–water partition coefficient (Wildman–Crippen LogP) is 0.752. The third kappa shape index (κ3) is 2.10. The molecule has 0 aliphatic carbocycles. The normalized spacial score (nSPS) is 21.6. The number of likely N-dealkylation sites (N-methyl/N-ethyl adjacent to an activating group) is 1. The van der Waals surface area contributed by atoms with Gasteiger partial charge < -0.3 is 10.0 Å². The number of nitrogens with zero attached hydrogens (tertiary/aromatic N) is 3. The van der Waals surface area contributed by atoms with Crippen LogP contribution >= 0.6 is 0 Å². The summed E-state index contributed by atoms with van der Waals surface area (Å²) in [6.07, 6.45) is 0. The van der Waals surface area contributed by atoms with E-state index in [4.69, 9.17) is 10.4 Å². The minimum Gasteiger partial charge on any atom is -0.480 e. The summed E-state index contributed by atoms with van der Waals surface area (Å²) in [5.41, 5.74) is -0.319. The molecule has 1 fully saturated rings. The Labute approximate surface area is 121 Å². The van der Waals surface area contributed by atoms with E-state index in [1.165, 1.54) is 11.9 Å². The Balaban J connectivity index is 2.45. The Kier molecular flexibility index (Phi) is 3.39. The Hall–Kier alpha value is -2.88. The molecule has 0 bridgehead atoms. The lowest BCUT2D eigenvalue weighted by atomic mass is 9.90. The van der Waals surface area contributed by atoms with E-state index in [9.17, 15) is 14.4 Å². The van der Waals surface area contributed by atoms with Gasteiger partial charge in [0, 0.05) is 7.05 Å². The summed E-state index contributed by atoms with van der Waals surface area (Å²) < 4.78 is 0. The Morgan fingerprint density at radius 2 is 1.90 bits per heavy atom. The number of carboxylic acid groups (broad SMARTS) is 1. The van der Waals surface area contributed by atoms with Gasteiger partial charge in [-0.1, -0.05) is 12.1 Å². The van der Waals surface area contributed by atoms with Crippen LogP contribution in [0.2, 0.25) is 0 Å². The summed E-state index contributed by atoms with van der Waals surface area (Å²) in [4.78, 5) is 37.3. The van der Waals surface area contributed by atoms with Crippen LogP contribution in [0.25, 0.3) is 0 Å². The quantitative estimate of drug-likeness (QED) is 0.827. The van der Waals surface area contributed by atoms with Gasteiger partial charge >= 0.3 is 12.0 Å². The number of hydrogen-bond acceptors (Lipinski definition) is 4. The molecule has 1 N–H and O–H groups in total. The van der Waals surface area contributed by atoms with Gasteiger partial charge in [-0.15, -0.1) is 0 Å². The summed E-state index contributed by atoms with van der Waals surface area (Å²) in [5, 5.41) is 17.6. The van der Waals surface area contributed by atoms with Gasteiger partial charge in [0.05, 0.1) is 11.6 Å². The maximum absolute atomic E-state index is 12.5. The Morgan fingerprint density at radius 1 is 1.33 bits per heavy atom. The van der Waals surface area contributed by atoms with Crippen LogP contribution in [0, 0.1) is 11.3 Å². The van der Waals surface area contributed by atoms with Crippen molar-refractivity contribution >= 4 is 17.9 Å². The zero-order valence-corrected chi connectivity index (χ0v) is 11.5. The maximum atomic E-state index is 12.5. The average Bonchev–Trinajstić information content (AvgIpc) is 2.63. The highest BCUT2D eigenvalue weighted by Gasteiger charge is 2.53. The van der Waals surface area contributed by atoms with E-state index in [-0.39, 0.29) is 0 Å². The van der Waals surface area contributed by atoms with Crippen LogP contribution < -0.4 is 0 Å². The summed E-state index contributed by atoms with van der Waals surface area (Å²) in [5.74, 6) is -1.85. The van der Waals surface area contributed by atoms with Crippen LogP contribution in [0.15, 0.2) is 24.3 Å². The van der Waals surface area contributed by atoms with Crippen LogP contribution in [-0.4, -0.2) is 46.4 Å². The van der Waals surface area contributed by atoms with Crippen molar-refractivity contribution in [1.29, 1.82) is 5.26 Å². The van der Waals surface area contributed by atoms with Crippen molar-refractivity contribution in [2.75, 3.05) is 13.6 Å². The molecule has 0 aromatic heterocycles. The second-order valence-corrected chi connectivity index (χ2v) is 4.89. The van der Waals surface area contributed by atoms with Crippen molar-refractivity contribution in [2.24, 2.45) is 0 Å². The van der Waals surface area contributed by atoms with Gasteiger partial charge in [0.1, 0.15) is 12.1 Å². The van der Waals surface area contributed by atoms with E-state index in [0.29, 0.717) is 16.0 Å². The van der Waals surface area contributed by atoms with Gasteiger partial charge in [0.25, 0.3) is 5.91 Å². The van der Waals surface area contributed by atoms with Crippen molar-refractivity contribution in [3.63, 3.8) is 0 Å². The summed E-state index contributed by atoms with van der Waals surface area (Å²) >= 11 is 0. The third-order valence-electron chi connectivity index (χ3n) is 3.72. The molecule has 1 heterocycles. The van der Waals surface area contributed by atoms with E-state index in [1.807, 2.05) is 6.07 Å². The zero-order chi connectivity index (χ0) is 15.8. The van der Waals surface area contributed by atoms with Gasteiger partial charge in [-0.2, -0.15) is 5.26 Å². The number of benzene rings is 1. The van der Waals surface area contributed by atoms with Gasteiger partial charge in [-0.05, 0) is 24.6 Å². The second-order valence-electron chi connectivity index (χ2n) is 4.89. The monoisotopic (exact) mass is 287 g/mol. The number of hydrogen-bond donors (Lipinski definition) is 1. The number of imide groups is 1. The van der Waals surface area contributed by atoms with Crippen LogP contribution in [0.1, 0.15) is 18.1 Å². The molecule has 0 saturated carbocycles. The van der Waals surface area contributed by atoms with E-state index in [2.05, 4.69) is 0 Å². The summed E-state index contributed by atoms with van der Waals surface area (Å²) in [7, 11) is 1.44. The number of aliphatic carboxylic acids is 1. The first-order valence-electron chi connectivity index (χ1n) is 6.14. The van der Waals surface area contributed by atoms with Crippen molar-refractivity contribution < 1.29 is 19.5 Å². The lowest BCUT2D eigenvalue weighted by Crippen LogP contribution is -2.42. The summed E-state index contributed by atoms with van der Waals surface area (Å²) in [6.45, 7) is 0.879. The van der Waals surface area contributed by atoms with Crippen LogP contribution in [0.3, 0.4) is 0 Å². The molecule has 1 aliphatic rings. The molecule has 1 unspecified atom stereocenters. The molecule has 2 rings (SSSR count). The number of urea groups is 1. The zero-order valence-electron chi connectivity index (χ0n) is 11.5. The lowest BCUT2D eigenvalue weighted by Gasteiger charge is -2.28. The molecule has 1 aromatic carbocycles. The third-order valence-corrected chi connectivity index (χ3v) is 3.72. The number of amides is 3. The first-order valence-corrected chi connectivity index (χ1v) is 6.14. The average molecular weight is 287 g/mol. The molecule has 0 radical (unpaired) electrons. The highest BCUT2D eigenvalue weighted by molar-refractivity contribution is 6.08. The van der Waals surface area contributed by atoms with Crippen molar-refractivity contribution in [2.45, 2.75) is 12.5 Å². The first-order chi connectivity index (χ1) is 9.82. The highest BCUT2D eigenvalue weighted by atomic mass is 16.4. The number of carbonyl (C=O) groups is 3. The predicted molar refractivity (Wildman–Crippen MR) is 71.0 cm³/mol. The largest absolute Gasteiger partial charge is 0.480 e. The van der Waals surface area contributed by atoms with Crippen molar-refractivity contribution in [3.8, 4) is 6.07 Å². The van der Waals surface area contributed by atoms with Crippen LogP contribution in [0.4, 0.5) is 4.79 Å². The molecule has 21 heavy (non-hydrogen) atoms. The van der Waals surface area contributed by atoms with Gasteiger partial charge in [0.15, 0.2) is 0 Å². The highest BCUT2D eigenvalue weighted by Crippen LogP contribution is 2.35. The maximum Gasteiger partial charge on any atom is 0.328 e. The molecule has 7 nitrogen and oxygen atoms in total. The molecule has 1 atom stereocenters. The van der Waals surface area contributed by atoms with Crippen LogP contribution in [0.5, 0.6) is 0 Å². The van der Waals surface area contributed by atoms with Crippen LogP contribution in [-0.2, 0) is 15.1 Å². The Morgan fingerprint density at radius 3 is 2.38 bits per heavy atom. The SMILES string of the molecule is CN1C(=O)N(CC(=O)O)C(=O)C1(C)c1ccc(C#N)cc1. The number of rotatable bonds is 3. The van der Waals surface area contributed by atoms with Gasteiger partial charge in [-0.25, -0.2) is 4.79 Å². The van der Waals surface area contributed by atoms with Crippen molar-refractivity contribution in [3.05, 3.63) is 35.4 Å².